The van der Waals surface area contributed by atoms with Crippen LogP contribution in [-0.4, -0.2) is 24.1 Å². The van der Waals surface area contributed by atoms with Gasteiger partial charge >= 0.3 is 0 Å². The Bertz CT molecular complexity index is 991. The molecule has 0 spiro atoms. The molecule has 0 atom stereocenters. The number of hydrogen-bond donors (Lipinski definition) is 2. The van der Waals surface area contributed by atoms with Crippen LogP contribution in [0.5, 0.6) is 0 Å². The second-order valence-electron chi connectivity index (χ2n) is 5.82. The number of thiophene rings is 1. The summed E-state index contributed by atoms with van der Waals surface area (Å²) in [4.78, 5) is 12.4. The van der Waals surface area contributed by atoms with Crippen molar-refractivity contribution in [1.82, 2.24) is 9.78 Å². The zero-order valence-electron chi connectivity index (χ0n) is 14.2. The minimum absolute atomic E-state index is 0.120. The van der Waals surface area contributed by atoms with E-state index in [4.69, 9.17) is 0 Å². The second kappa shape index (κ2) is 7.30. The highest BCUT2D eigenvalue weighted by Gasteiger charge is 2.16. The number of rotatable bonds is 6. The Morgan fingerprint density at radius 3 is 2.50 bits per heavy atom. The fourth-order valence-electron chi connectivity index (χ4n) is 2.32. The molecule has 0 bridgehead atoms. The van der Waals surface area contributed by atoms with Crippen LogP contribution < -0.4 is 10.0 Å². The Kier molecular flexibility index (Phi) is 5.10. The fourth-order valence-corrected chi connectivity index (χ4v) is 4.38. The molecule has 136 valence electrons. The lowest BCUT2D eigenvalue weighted by atomic mass is 10.2. The van der Waals surface area contributed by atoms with Gasteiger partial charge in [0.25, 0.3) is 15.9 Å². The zero-order chi connectivity index (χ0) is 18.7. The van der Waals surface area contributed by atoms with Crippen molar-refractivity contribution in [3.63, 3.8) is 0 Å². The maximum absolute atomic E-state index is 12.4. The van der Waals surface area contributed by atoms with Gasteiger partial charge in [-0.25, -0.2) is 13.1 Å². The summed E-state index contributed by atoms with van der Waals surface area (Å²) in [7, 11) is -3.60. The molecule has 2 heterocycles. The number of sulfonamides is 1. The van der Waals surface area contributed by atoms with Crippen molar-refractivity contribution in [1.29, 1.82) is 0 Å². The van der Waals surface area contributed by atoms with Crippen LogP contribution in [0.3, 0.4) is 0 Å². The minimum atomic E-state index is -3.60. The molecule has 0 aliphatic heterocycles. The molecule has 0 fully saturated rings. The average Bonchev–Trinajstić information content (AvgIpc) is 3.27. The van der Waals surface area contributed by atoms with Crippen LogP contribution in [-0.2, 0) is 10.0 Å². The van der Waals surface area contributed by atoms with E-state index < -0.39 is 10.0 Å². The first-order valence-corrected chi connectivity index (χ1v) is 10.2. The molecule has 1 amide bonds. The topological polar surface area (TPSA) is 93.1 Å². The van der Waals surface area contributed by atoms with Crippen LogP contribution >= 0.6 is 11.3 Å². The monoisotopic (exact) mass is 390 g/mol. The van der Waals surface area contributed by atoms with Crippen molar-refractivity contribution >= 4 is 38.8 Å². The maximum atomic E-state index is 12.4. The van der Waals surface area contributed by atoms with Gasteiger partial charge in [-0.15, -0.1) is 11.3 Å². The molecule has 9 heteroatoms. The summed E-state index contributed by atoms with van der Waals surface area (Å²) in [5, 5.41) is 8.67. The molecule has 0 unspecified atom stereocenters. The molecule has 26 heavy (non-hydrogen) atoms. The van der Waals surface area contributed by atoms with E-state index in [1.807, 2.05) is 13.8 Å². The number of carbonyl (C=O) groups is 1. The number of hydrogen-bond acceptors (Lipinski definition) is 5. The van der Waals surface area contributed by atoms with E-state index in [0.29, 0.717) is 17.1 Å². The number of carbonyl (C=O) groups excluding carboxylic acids is 1. The number of benzene rings is 1. The first-order valence-electron chi connectivity index (χ1n) is 7.88. The van der Waals surface area contributed by atoms with E-state index in [9.17, 15) is 13.2 Å². The van der Waals surface area contributed by atoms with Crippen LogP contribution in [0, 0.1) is 0 Å². The van der Waals surface area contributed by atoms with Gasteiger partial charge in [-0.05, 0) is 49.6 Å². The largest absolute Gasteiger partial charge is 0.307 e. The number of nitrogens with zero attached hydrogens (tertiary/aromatic N) is 2. The number of anilines is 2. The summed E-state index contributed by atoms with van der Waals surface area (Å²) in [5.41, 5.74) is 0.808. The Morgan fingerprint density at radius 2 is 1.88 bits per heavy atom. The predicted octanol–water partition coefficient (Wildman–Crippen LogP) is 3.58. The Hall–Kier alpha value is -2.65. The SMILES string of the molecule is CC(C)n1nccc1NC(=O)c1ccc(NS(=O)(=O)c2cccs2)cc1. The molecule has 0 aliphatic carbocycles. The highest BCUT2D eigenvalue weighted by Crippen LogP contribution is 2.21. The van der Waals surface area contributed by atoms with Crippen LogP contribution in [0.2, 0.25) is 0 Å². The van der Waals surface area contributed by atoms with Crippen molar-refractivity contribution < 1.29 is 13.2 Å². The minimum Gasteiger partial charge on any atom is -0.307 e. The molecular formula is C17H18N4O3S2. The Balaban J connectivity index is 1.71. The fraction of sp³-hybridized carbons (Fsp3) is 0.176. The summed E-state index contributed by atoms with van der Waals surface area (Å²) in [6.07, 6.45) is 1.62. The molecule has 0 radical (unpaired) electrons. The van der Waals surface area contributed by atoms with E-state index in [-0.39, 0.29) is 16.2 Å². The van der Waals surface area contributed by atoms with Gasteiger partial charge in [0.2, 0.25) is 0 Å². The van der Waals surface area contributed by atoms with Gasteiger partial charge in [-0.1, -0.05) is 6.07 Å². The van der Waals surface area contributed by atoms with E-state index >= 15 is 0 Å². The van der Waals surface area contributed by atoms with E-state index in [1.54, 1.807) is 52.7 Å². The van der Waals surface area contributed by atoms with E-state index in [0.717, 1.165) is 11.3 Å². The first-order chi connectivity index (χ1) is 12.4. The van der Waals surface area contributed by atoms with Gasteiger partial charge < -0.3 is 5.32 Å². The van der Waals surface area contributed by atoms with Gasteiger partial charge in [0.15, 0.2) is 0 Å². The van der Waals surface area contributed by atoms with Crippen molar-refractivity contribution in [2.24, 2.45) is 0 Å². The third-order valence-electron chi connectivity index (χ3n) is 3.56. The Morgan fingerprint density at radius 1 is 1.15 bits per heavy atom. The molecule has 2 aromatic heterocycles. The summed E-state index contributed by atoms with van der Waals surface area (Å²) >= 11 is 1.14. The lowest BCUT2D eigenvalue weighted by Gasteiger charge is -2.12. The quantitative estimate of drug-likeness (QED) is 0.673. The Labute approximate surface area is 155 Å². The van der Waals surface area contributed by atoms with Crippen molar-refractivity contribution in [3.8, 4) is 0 Å². The lowest BCUT2D eigenvalue weighted by Crippen LogP contribution is -2.17. The van der Waals surface area contributed by atoms with Gasteiger partial charge in [0, 0.05) is 23.4 Å². The number of nitrogens with one attached hydrogen (secondary N) is 2. The van der Waals surface area contributed by atoms with Crippen molar-refractivity contribution in [2.45, 2.75) is 24.1 Å². The van der Waals surface area contributed by atoms with E-state index in [1.165, 1.54) is 6.07 Å². The van der Waals surface area contributed by atoms with E-state index in [2.05, 4.69) is 15.1 Å². The smallest absolute Gasteiger partial charge is 0.271 e. The molecule has 7 nitrogen and oxygen atoms in total. The molecule has 1 aromatic carbocycles. The second-order valence-corrected chi connectivity index (χ2v) is 8.68. The molecule has 3 aromatic rings. The van der Waals surface area contributed by atoms with Gasteiger partial charge in [0.05, 0.1) is 6.20 Å². The number of aromatic nitrogens is 2. The molecule has 0 saturated heterocycles. The summed E-state index contributed by atoms with van der Waals surface area (Å²) in [5.74, 6) is 0.313. The van der Waals surface area contributed by atoms with Crippen molar-refractivity contribution in [3.05, 3.63) is 59.6 Å². The third kappa shape index (κ3) is 3.94. The van der Waals surface area contributed by atoms with Gasteiger partial charge in [0.1, 0.15) is 10.0 Å². The standard InChI is InChI=1S/C17H18N4O3S2/c1-12(2)21-15(9-10-18-21)19-17(22)13-5-7-14(8-6-13)20-26(23,24)16-4-3-11-25-16/h3-12,20H,1-2H3,(H,19,22). The molecule has 3 rings (SSSR count). The molecule has 0 aliphatic rings. The maximum Gasteiger partial charge on any atom is 0.271 e. The molecular weight excluding hydrogens is 372 g/mol. The summed E-state index contributed by atoms with van der Waals surface area (Å²) in [6.45, 7) is 3.94. The predicted molar refractivity (Wildman–Crippen MR) is 102 cm³/mol. The van der Waals surface area contributed by atoms with Gasteiger partial charge in [-0.2, -0.15) is 5.10 Å². The first kappa shape index (κ1) is 18.2. The molecule has 0 saturated carbocycles. The van der Waals surface area contributed by atoms with Crippen LogP contribution in [0.15, 0.2) is 58.3 Å². The van der Waals surface area contributed by atoms with Crippen molar-refractivity contribution in [2.75, 3.05) is 10.0 Å². The highest BCUT2D eigenvalue weighted by molar-refractivity contribution is 7.94. The highest BCUT2D eigenvalue weighted by atomic mass is 32.2. The average molecular weight is 390 g/mol. The van der Waals surface area contributed by atoms with Gasteiger partial charge in [-0.3, -0.25) is 9.52 Å². The summed E-state index contributed by atoms with van der Waals surface area (Å²) < 4.78 is 28.8. The third-order valence-corrected chi connectivity index (χ3v) is 6.34. The number of amides is 1. The zero-order valence-corrected chi connectivity index (χ0v) is 15.8. The normalized spacial score (nSPS) is 11.5. The van der Waals surface area contributed by atoms with Crippen LogP contribution in [0.4, 0.5) is 11.5 Å². The summed E-state index contributed by atoms with van der Waals surface area (Å²) in [6, 6.07) is 11.3. The lowest BCUT2D eigenvalue weighted by molar-refractivity contribution is 0.102. The van der Waals surface area contributed by atoms with Crippen LogP contribution in [0.1, 0.15) is 30.2 Å². The van der Waals surface area contributed by atoms with Crippen LogP contribution in [0.25, 0.3) is 0 Å². The molecule has 2 N–H and O–H groups in total.